The number of piperazine rings is 1. The van der Waals surface area contributed by atoms with E-state index in [9.17, 15) is 9.59 Å². The number of benzene rings is 1. The number of nitrogens with one attached hydrogen (secondary N) is 1. The lowest BCUT2D eigenvalue weighted by atomic mass is 10.2. The van der Waals surface area contributed by atoms with Crippen LogP contribution in [0.15, 0.2) is 72.3 Å². The second kappa shape index (κ2) is 8.18. The van der Waals surface area contributed by atoms with Crippen LogP contribution in [0.2, 0.25) is 0 Å². The summed E-state index contributed by atoms with van der Waals surface area (Å²) in [5.74, 6) is -0.102. The summed E-state index contributed by atoms with van der Waals surface area (Å²) >= 11 is 0. The van der Waals surface area contributed by atoms with Crippen LogP contribution >= 0.6 is 0 Å². The highest BCUT2D eigenvalue weighted by atomic mass is 16.2. The zero-order chi connectivity index (χ0) is 20.2. The predicted octanol–water partition coefficient (Wildman–Crippen LogP) is 2.25. The minimum Gasteiger partial charge on any atom is -0.376 e. The zero-order valence-electron chi connectivity index (χ0n) is 16.1. The third kappa shape index (κ3) is 3.71. The largest absolute Gasteiger partial charge is 0.376 e. The van der Waals surface area contributed by atoms with Crippen molar-refractivity contribution in [1.29, 1.82) is 0 Å². The van der Waals surface area contributed by atoms with Gasteiger partial charge in [0.05, 0.1) is 11.8 Å². The van der Waals surface area contributed by atoms with Crippen molar-refractivity contribution in [3.8, 4) is 0 Å². The number of nitrogens with zero attached hydrogens (tertiary/aromatic N) is 4. The molecule has 1 N–H and O–H groups in total. The van der Waals surface area contributed by atoms with Gasteiger partial charge in [-0.15, -0.1) is 6.58 Å². The first-order chi connectivity index (χ1) is 14.2. The minimum atomic E-state index is -0.236. The lowest BCUT2D eigenvalue weighted by Crippen LogP contribution is -2.49. The number of anilines is 2. The topological polar surface area (TPSA) is 70.0 Å². The summed E-state index contributed by atoms with van der Waals surface area (Å²) in [4.78, 5) is 34.3. The molecule has 148 valence electrons. The molecular weight excluding hydrogens is 366 g/mol. The Morgan fingerprint density at radius 3 is 2.59 bits per heavy atom. The molecule has 4 rings (SSSR count). The number of aromatic nitrogens is 2. The summed E-state index contributed by atoms with van der Waals surface area (Å²) < 4.78 is 1.42. The highest BCUT2D eigenvalue weighted by molar-refractivity contribution is 6.00. The van der Waals surface area contributed by atoms with Crippen LogP contribution in [-0.2, 0) is 0 Å². The summed E-state index contributed by atoms with van der Waals surface area (Å²) in [7, 11) is 0. The Balaban J connectivity index is 1.55. The van der Waals surface area contributed by atoms with Crippen molar-refractivity contribution < 1.29 is 4.79 Å². The standard InChI is InChI=1S/C22H23N5O2/c1-2-10-23-19-16-24-20-18(9-6-11-27(20)22(19)29)21(28)26-14-12-25(13-15-26)17-7-4-3-5-8-17/h2-9,11,16,23H,1,10,12-15H2. The van der Waals surface area contributed by atoms with Crippen molar-refractivity contribution in [2.24, 2.45) is 0 Å². The molecule has 0 bridgehead atoms. The summed E-state index contributed by atoms with van der Waals surface area (Å²) in [6.07, 6.45) is 4.78. The van der Waals surface area contributed by atoms with Crippen LogP contribution in [0.25, 0.3) is 5.65 Å². The molecule has 0 saturated carbocycles. The Morgan fingerprint density at radius 2 is 1.86 bits per heavy atom. The SMILES string of the molecule is C=CCNc1cnc2c(C(=O)N3CCN(c4ccccc4)CC3)cccn2c1=O. The molecule has 0 radical (unpaired) electrons. The molecule has 7 nitrogen and oxygen atoms in total. The van der Waals surface area contributed by atoms with Crippen LogP contribution in [0, 0.1) is 0 Å². The number of amides is 1. The van der Waals surface area contributed by atoms with Crippen molar-refractivity contribution >= 4 is 22.9 Å². The van der Waals surface area contributed by atoms with Gasteiger partial charge >= 0.3 is 0 Å². The van der Waals surface area contributed by atoms with Gasteiger partial charge in [-0.3, -0.25) is 14.0 Å². The van der Waals surface area contributed by atoms with E-state index in [4.69, 9.17) is 0 Å². The molecule has 7 heteroatoms. The molecule has 1 aromatic carbocycles. The smallest absolute Gasteiger partial charge is 0.281 e. The first-order valence-electron chi connectivity index (χ1n) is 9.63. The van der Waals surface area contributed by atoms with E-state index in [2.05, 4.69) is 33.9 Å². The van der Waals surface area contributed by atoms with Gasteiger partial charge in [0.15, 0.2) is 5.65 Å². The molecule has 0 aliphatic carbocycles. The van der Waals surface area contributed by atoms with E-state index in [0.29, 0.717) is 36.5 Å². The second-order valence-electron chi connectivity index (χ2n) is 6.88. The average Bonchev–Trinajstić information content (AvgIpc) is 2.78. The molecule has 3 aromatic rings. The number of fused-ring (bicyclic) bond motifs is 1. The molecule has 1 aliphatic heterocycles. The summed E-state index contributed by atoms with van der Waals surface area (Å²) in [5, 5.41) is 2.97. The van der Waals surface area contributed by atoms with Gasteiger partial charge in [0, 0.05) is 44.6 Å². The average molecular weight is 389 g/mol. The maximum absolute atomic E-state index is 13.1. The number of para-hydroxylation sites is 1. The van der Waals surface area contributed by atoms with Crippen LogP contribution in [0.4, 0.5) is 11.4 Å². The molecule has 1 saturated heterocycles. The summed E-state index contributed by atoms with van der Waals surface area (Å²) in [6.45, 7) is 6.88. The maximum atomic E-state index is 13.1. The van der Waals surface area contributed by atoms with E-state index in [1.165, 1.54) is 10.6 Å². The first-order valence-corrected chi connectivity index (χ1v) is 9.63. The fourth-order valence-electron chi connectivity index (χ4n) is 3.55. The molecular formula is C22H23N5O2. The van der Waals surface area contributed by atoms with Crippen LogP contribution < -0.4 is 15.8 Å². The Hall–Kier alpha value is -3.61. The van der Waals surface area contributed by atoms with Gasteiger partial charge < -0.3 is 15.1 Å². The molecule has 0 spiro atoms. The molecule has 1 aliphatic rings. The van der Waals surface area contributed by atoms with Crippen LogP contribution in [-0.4, -0.2) is 52.9 Å². The molecule has 1 fully saturated rings. The van der Waals surface area contributed by atoms with Gasteiger partial charge in [-0.2, -0.15) is 0 Å². The van der Waals surface area contributed by atoms with E-state index in [1.807, 2.05) is 23.1 Å². The van der Waals surface area contributed by atoms with Crippen molar-refractivity contribution in [2.75, 3.05) is 42.9 Å². The Kier molecular flexibility index (Phi) is 5.29. The third-order valence-corrected chi connectivity index (χ3v) is 5.09. The normalized spacial score (nSPS) is 14.1. The summed E-state index contributed by atoms with van der Waals surface area (Å²) in [5.41, 5.74) is 2.12. The van der Waals surface area contributed by atoms with E-state index in [0.717, 1.165) is 18.8 Å². The lowest BCUT2D eigenvalue weighted by Gasteiger charge is -2.36. The predicted molar refractivity (Wildman–Crippen MR) is 115 cm³/mol. The Morgan fingerprint density at radius 1 is 1.10 bits per heavy atom. The second-order valence-corrected chi connectivity index (χ2v) is 6.88. The Labute approximate surface area is 168 Å². The molecule has 1 amide bonds. The number of hydrogen-bond donors (Lipinski definition) is 1. The number of carbonyl (C=O) groups is 1. The molecule has 0 atom stereocenters. The Bertz CT molecular complexity index is 1090. The molecule has 0 unspecified atom stereocenters. The van der Waals surface area contributed by atoms with Crippen LogP contribution in [0.3, 0.4) is 0 Å². The van der Waals surface area contributed by atoms with Crippen LogP contribution in [0.5, 0.6) is 0 Å². The fraction of sp³-hybridized carbons (Fsp3) is 0.227. The van der Waals surface area contributed by atoms with Crippen LogP contribution in [0.1, 0.15) is 10.4 Å². The minimum absolute atomic E-state index is 0.102. The fourth-order valence-corrected chi connectivity index (χ4v) is 3.55. The molecule has 2 aromatic heterocycles. The van der Waals surface area contributed by atoms with E-state index in [-0.39, 0.29) is 11.5 Å². The van der Waals surface area contributed by atoms with Gasteiger partial charge in [0.2, 0.25) is 0 Å². The number of rotatable bonds is 5. The van der Waals surface area contributed by atoms with Gasteiger partial charge in [-0.05, 0) is 24.3 Å². The van der Waals surface area contributed by atoms with E-state index < -0.39 is 0 Å². The number of carbonyl (C=O) groups excluding carboxylic acids is 1. The van der Waals surface area contributed by atoms with Crippen molar-refractivity contribution in [3.05, 3.63) is 83.4 Å². The van der Waals surface area contributed by atoms with E-state index in [1.54, 1.807) is 24.4 Å². The van der Waals surface area contributed by atoms with Crippen molar-refractivity contribution in [1.82, 2.24) is 14.3 Å². The van der Waals surface area contributed by atoms with Gasteiger partial charge in [0.1, 0.15) is 5.69 Å². The molecule has 29 heavy (non-hydrogen) atoms. The van der Waals surface area contributed by atoms with Crippen molar-refractivity contribution in [2.45, 2.75) is 0 Å². The number of hydrogen-bond acceptors (Lipinski definition) is 5. The third-order valence-electron chi connectivity index (χ3n) is 5.09. The van der Waals surface area contributed by atoms with Gasteiger partial charge in [-0.1, -0.05) is 24.3 Å². The highest BCUT2D eigenvalue weighted by Gasteiger charge is 2.24. The number of pyridine rings is 1. The highest BCUT2D eigenvalue weighted by Crippen LogP contribution is 2.18. The van der Waals surface area contributed by atoms with Crippen molar-refractivity contribution in [3.63, 3.8) is 0 Å². The van der Waals surface area contributed by atoms with E-state index >= 15 is 0 Å². The quantitative estimate of drug-likeness (QED) is 0.678. The maximum Gasteiger partial charge on any atom is 0.281 e. The molecule has 3 heterocycles. The monoisotopic (exact) mass is 389 g/mol. The zero-order valence-corrected chi connectivity index (χ0v) is 16.1. The van der Waals surface area contributed by atoms with Gasteiger partial charge in [-0.25, -0.2) is 4.98 Å². The lowest BCUT2D eigenvalue weighted by molar-refractivity contribution is 0.0748. The van der Waals surface area contributed by atoms with Gasteiger partial charge in [0.25, 0.3) is 11.5 Å². The summed E-state index contributed by atoms with van der Waals surface area (Å²) in [6, 6.07) is 13.6. The first kappa shape index (κ1) is 18.7.